The first-order valence-corrected chi connectivity index (χ1v) is 6.82. The number of halogens is 3. The Hall–Kier alpha value is -1.45. The lowest BCUT2D eigenvalue weighted by Gasteiger charge is -2.18. The highest BCUT2D eigenvalue weighted by molar-refractivity contribution is 6.31. The molecule has 0 saturated carbocycles. The van der Waals surface area contributed by atoms with Crippen molar-refractivity contribution in [2.24, 2.45) is 0 Å². The van der Waals surface area contributed by atoms with E-state index in [1.165, 1.54) is 18.2 Å². The number of benzene rings is 2. The van der Waals surface area contributed by atoms with Gasteiger partial charge >= 0.3 is 0 Å². The van der Waals surface area contributed by atoms with Gasteiger partial charge in [-0.05, 0) is 43.3 Å². The Labute approximate surface area is 122 Å². The summed E-state index contributed by atoms with van der Waals surface area (Å²) in [5.41, 5.74) is 1.30. The maximum atomic E-state index is 13.9. The van der Waals surface area contributed by atoms with Gasteiger partial charge in [-0.1, -0.05) is 29.8 Å². The molecule has 1 nitrogen and oxygen atoms in total. The van der Waals surface area contributed by atoms with Crippen molar-refractivity contribution in [2.75, 3.05) is 13.6 Å². The van der Waals surface area contributed by atoms with Gasteiger partial charge in [0.25, 0.3) is 0 Å². The van der Waals surface area contributed by atoms with E-state index in [9.17, 15) is 8.78 Å². The zero-order valence-electron chi connectivity index (χ0n) is 11.2. The minimum absolute atomic E-state index is 0.0369. The van der Waals surface area contributed by atoms with E-state index in [4.69, 9.17) is 11.6 Å². The van der Waals surface area contributed by atoms with Crippen molar-refractivity contribution in [2.45, 2.75) is 12.3 Å². The molecular weight excluding hydrogens is 280 g/mol. The lowest BCUT2D eigenvalue weighted by atomic mass is 9.91. The van der Waals surface area contributed by atoms with E-state index in [2.05, 4.69) is 5.32 Å². The SMILES string of the molecule is CNCC(Cc1c(F)cccc1Cl)c1cccc(F)c1. The van der Waals surface area contributed by atoms with E-state index in [0.717, 1.165) is 5.56 Å². The lowest BCUT2D eigenvalue weighted by molar-refractivity contribution is 0.569. The smallest absolute Gasteiger partial charge is 0.127 e. The van der Waals surface area contributed by atoms with Crippen molar-refractivity contribution < 1.29 is 8.78 Å². The Bertz CT molecular complexity index is 566. The van der Waals surface area contributed by atoms with Crippen molar-refractivity contribution in [3.05, 3.63) is 70.2 Å². The van der Waals surface area contributed by atoms with Gasteiger partial charge in [0.1, 0.15) is 11.6 Å². The van der Waals surface area contributed by atoms with E-state index < -0.39 is 0 Å². The summed E-state index contributed by atoms with van der Waals surface area (Å²) in [6.07, 6.45) is 0.426. The van der Waals surface area contributed by atoms with Crippen molar-refractivity contribution in [3.63, 3.8) is 0 Å². The lowest BCUT2D eigenvalue weighted by Crippen LogP contribution is -2.20. The van der Waals surface area contributed by atoms with Crippen LogP contribution in [0.25, 0.3) is 0 Å². The Morgan fingerprint density at radius 2 is 1.90 bits per heavy atom. The quantitative estimate of drug-likeness (QED) is 0.873. The third kappa shape index (κ3) is 3.56. The Balaban J connectivity index is 2.30. The third-order valence-electron chi connectivity index (χ3n) is 3.28. The highest BCUT2D eigenvalue weighted by atomic mass is 35.5. The molecule has 20 heavy (non-hydrogen) atoms. The van der Waals surface area contributed by atoms with Crippen LogP contribution in [0.5, 0.6) is 0 Å². The van der Waals surface area contributed by atoms with Gasteiger partial charge in [0.15, 0.2) is 0 Å². The summed E-state index contributed by atoms with van der Waals surface area (Å²) in [6.45, 7) is 0.619. The van der Waals surface area contributed by atoms with Gasteiger partial charge in [-0.15, -0.1) is 0 Å². The summed E-state index contributed by atoms with van der Waals surface area (Å²) < 4.78 is 27.2. The summed E-state index contributed by atoms with van der Waals surface area (Å²) in [5, 5.41) is 3.46. The topological polar surface area (TPSA) is 12.0 Å². The zero-order valence-corrected chi connectivity index (χ0v) is 11.9. The van der Waals surface area contributed by atoms with Crippen LogP contribution in [0.4, 0.5) is 8.78 Å². The normalized spacial score (nSPS) is 12.4. The van der Waals surface area contributed by atoms with E-state index in [-0.39, 0.29) is 17.6 Å². The van der Waals surface area contributed by atoms with Crippen LogP contribution in [0, 0.1) is 11.6 Å². The Morgan fingerprint density at radius 3 is 2.55 bits per heavy atom. The standard InChI is InChI=1S/C16H16ClF2N/c1-20-10-12(11-4-2-5-13(18)8-11)9-14-15(17)6-3-7-16(14)19/h2-8,12,20H,9-10H2,1H3. The average molecular weight is 296 g/mol. The molecular formula is C16H16ClF2N. The first-order chi connectivity index (χ1) is 9.61. The van der Waals surface area contributed by atoms with E-state index in [1.807, 2.05) is 13.1 Å². The fourth-order valence-corrected chi connectivity index (χ4v) is 2.53. The average Bonchev–Trinajstić information content (AvgIpc) is 2.42. The molecule has 0 aromatic heterocycles. The number of hydrogen-bond donors (Lipinski definition) is 1. The van der Waals surface area contributed by atoms with Crippen molar-refractivity contribution >= 4 is 11.6 Å². The van der Waals surface area contributed by atoms with Crippen LogP contribution in [-0.4, -0.2) is 13.6 Å². The monoisotopic (exact) mass is 295 g/mol. The van der Waals surface area contributed by atoms with Crippen LogP contribution in [0.1, 0.15) is 17.0 Å². The van der Waals surface area contributed by atoms with Gasteiger partial charge < -0.3 is 5.32 Å². The van der Waals surface area contributed by atoms with Gasteiger partial charge in [0, 0.05) is 23.0 Å². The van der Waals surface area contributed by atoms with Crippen LogP contribution in [0.3, 0.4) is 0 Å². The summed E-state index contributed by atoms with van der Waals surface area (Å²) in [5.74, 6) is -0.650. The van der Waals surface area contributed by atoms with Crippen molar-refractivity contribution in [1.29, 1.82) is 0 Å². The summed E-state index contributed by atoms with van der Waals surface area (Å²) in [4.78, 5) is 0. The van der Waals surface area contributed by atoms with Gasteiger partial charge in [0.05, 0.1) is 0 Å². The maximum Gasteiger partial charge on any atom is 0.127 e. The molecule has 0 bridgehead atoms. The van der Waals surface area contributed by atoms with Gasteiger partial charge in [-0.3, -0.25) is 0 Å². The molecule has 2 aromatic rings. The Morgan fingerprint density at radius 1 is 1.15 bits per heavy atom. The fraction of sp³-hybridized carbons (Fsp3) is 0.250. The molecule has 4 heteroatoms. The van der Waals surface area contributed by atoms with Crippen LogP contribution in [0.2, 0.25) is 5.02 Å². The Kier molecular flexibility index (Phi) is 5.10. The molecule has 106 valence electrons. The first-order valence-electron chi connectivity index (χ1n) is 6.44. The summed E-state index contributed by atoms with van der Waals surface area (Å²) in [6, 6.07) is 11.0. The molecule has 0 aliphatic carbocycles. The molecule has 0 heterocycles. The molecule has 1 atom stereocenters. The zero-order chi connectivity index (χ0) is 14.5. The second-order valence-corrected chi connectivity index (χ2v) is 5.12. The van der Waals surface area contributed by atoms with Crippen LogP contribution >= 0.6 is 11.6 Å². The van der Waals surface area contributed by atoms with Crippen LogP contribution in [-0.2, 0) is 6.42 Å². The molecule has 0 aliphatic heterocycles. The van der Waals surface area contributed by atoms with Crippen molar-refractivity contribution in [3.8, 4) is 0 Å². The number of nitrogens with one attached hydrogen (secondary N) is 1. The van der Waals surface area contributed by atoms with Gasteiger partial charge in [-0.2, -0.15) is 0 Å². The summed E-state index contributed by atoms with van der Waals surface area (Å²) in [7, 11) is 1.81. The predicted octanol–water partition coefficient (Wildman–Crippen LogP) is 4.16. The van der Waals surface area contributed by atoms with E-state index >= 15 is 0 Å². The van der Waals surface area contributed by atoms with Gasteiger partial charge in [-0.25, -0.2) is 8.78 Å². The second kappa shape index (κ2) is 6.82. The van der Waals surface area contributed by atoms with Gasteiger partial charge in [0.2, 0.25) is 0 Å². The molecule has 1 N–H and O–H groups in total. The van der Waals surface area contributed by atoms with Crippen molar-refractivity contribution in [1.82, 2.24) is 5.32 Å². The molecule has 2 aromatic carbocycles. The minimum atomic E-state index is -0.324. The number of rotatable bonds is 5. The molecule has 0 spiro atoms. The minimum Gasteiger partial charge on any atom is -0.319 e. The highest BCUT2D eigenvalue weighted by Gasteiger charge is 2.16. The molecule has 0 amide bonds. The van der Waals surface area contributed by atoms with E-state index in [1.54, 1.807) is 18.2 Å². The van der Waals surface area contributed by atoms with Crippen LogP contribution in [0.15, 0.2) is 42.5 Å². The second-order valence-electron chi connectivity index (χ2n) is 4.71. The van der Waals surface area contributed by atoms with Crippen LogP contribution < -0.4 is 5.32 Å². The summed E-state index contributed by atoms with van der Waals surface area (Å²) >= 11 is 6.06. The predicted molar refractivity (Wildman–Crippen MR) is 78.2 cm³/mol. The highest BCUT2D eigenvalue weighted by Crippen LogP contribution is 2.27. The molecule has 0 aliphatic rings. The molecule has 2 rings (SSSR count). The van der Waals surface area contributed by atoms with E-state index in [0.29, 0.717) is 23.6 Å². The number of hydrogen-bond acceptors (Lipinski definition) is 1. The molecule has 0 radical (unpaired) electrons. The molecule has 0 fully saturated rings. The molecule has 1 unspecified atom stereocenters. The largest absolute Gasteiger partial charge is 0.319 e. The number of likely N-dealkylation sites (N-methyl/N-ethyl adjacent to an activating group) is 1. The molecule has 0 saturated heterocycles. The fourth-order valence-electron chi connectivity index (χ4n) is 2.29. The third-order valence-corrected chi connectivity index (χ3v) is 3.64. The maximum absolute atomic E-state index is 13.9. The first kappa shape index (κ1) is 14.9.